The van der Waals surface area contributed by atoms with E-state index in [-0.39, 0.29) is 0 Å². The van der Waals surface area contributed by atoms with Gasteiger partial charge in [-0.2, -0.15) is 10.4 Å². The molecule has 4 atom stereocenters. The Morgan fingerprint density at radius 2 is 2.06 bits per heavy atom. The number of para-hydroxylation sites is 1. The number of nitriles is 1. The van der Waals surface area contributed by atoms with Gasteiger partial charge in [0.25, 0.3) is 0 Å². The molecule has 6 heteroatoms. The predicted molar refractivity (Wildman–Crippen MR) is 129 cm³/mol. The third-order valence-corrected chi connectivity index (χ3v) is 7.32. The van der Waals surface area contributed by atoms with Crippen LogP contribution in [0.25, 0.3) is 11.3 Å². The molecule has 3 saturated heterocycles. The summed E-state index contributed by atoms with van der Waals surface area (Å²) in [5.41, 5.74) is 5.25. The van der Waals surface area contributed by atoms with Crippen LogP contribution in [0, 0.1) is 17.2 Å². The first-order chi connectivity index (χ1) is 16.2. The Bertz CT molecular complexity index is 1160. The van der Waals surface area contributed by atoms with Crippen LogP contribution >= 0.6 is 0 Å². The molecule has 1 N–H and O–H groups in total. The molecular formula is C27H31N5O. The number of aryl methyl sites for hydroxylation is 1. The van der Waals surface area contributed by atoms with Crippen molar-refractivity contribution in [3.8, 4) is 23.1 Å². The van der Waals surface area contributed by atoms with Crippen LogP contribution in [0.5, 0.6) is 5.75 Å². The molecule has 6 rings (SSSR count). The summed E-state index contributed by atoms with van der Waals surface area (Å²) in [6.45, 7) is 4.05. The van der Waals surface area contributed by atoms with E-state index in [1.54, 1.807) is 7.11 Å². The van der Waals surface area contributed by atoms with E-state index in [0.717, 1.165) is 42.2 Å². The van der Waals surface area contributed by atoms with Crippen LogP contribution in [0.2, 0.25) is 0 Å². The van der Waals surface area contributed by atoms with Gasteiger partial charge in [-0.3, -0.25) is 9.58 Å². The van der Waals surface area contributed by atoms with E-state index in [1.807, 2.05) is 36.4 Å². The van der Waals surface area contributed by atoms with Crippen LogP contribution in [-0.2, 0) is 13.6 Å². The third-order valence-electron chi connectivity index (χ3n) is 7.32. The molecule has 2 aromatic carbocycles. The van der Waals surface area contributed by atoms with E-state index in [1.165, 1.54) is 30.6 Å². The van der Waals surface area contributed by atoms with Crippen molar-refractivity contribution in [3.05, 3.63) is 71.4 Å². The molecule has 0 radical (unpaired) electrons. The summed E-state index contributed by atoms with van der Waals surface area (Å²) in [4.78, 5) is 2.65. The zero-order valence-corrected chi connectivity index (χ0v) is 19.4. The van der Waals surface area contributed by atoms with Crippen LogP contribution in [0.3, 0.4) is 0 Å². The number of aromatic nitrogens is 2. The molecule has 3 aromatic rings. The van der Waals surface area contributed by atoms with Crippen LogP contribution in [-0.4, -0.2) is 47.5 Å². The van der Waals surface area contributed by atoms with Crippen molar-refractivity contribution < 1.29 is 4.74 Å². The standard InChI is InChI=1S/C27H31N5O/c1-31-26(14-25(30-31)23-8-3-4-9-27(23)33-2)24-18-32-11-10-21(24)13-22(32)17-29-16-20-7-5-6-19(12-20)15-28/h3-9,12,14,21-22,24,29H,10-11,13,16-18H2,1-2H3/t21-,22+,24+/m0/s1. The highest BCUT2D eigenvalue weighted by atomic mass is 16.5. The lowest BCUT2D eigenvalue weighted by Gasteiger charge is -2.50. The van der Waals surface area contributed by atoms with E-state index in [4.69, 9.17) is 15.1 Å². The van der Waals surface area contributed by atoms with Gasteiger partial charge in [0.2, 0.25) is 0 Å². The smallest absolute Gasteiger partial charge is 0.128 e. The molecule has 3 fully saturated rings. The molecule has 6 nitrogen and oxygen atoms in total. The Hall–Kier alpha value is -3.14. The molecular weight excluding hydrogens is 410 g/mol. The summed E-state index contributed by atoms with van der Waals surface area (Å²) in [6.07, 6.45) is 2.46. The number of piperidine rings is 3. The van der Waals surface area contributed by atoms with Crippen LogP contribution in [0.15, 0.2) is 54.6 Å². The number of rotatable bonds is 7. The maximum absolute atomic E-state index is 9.10. The largest absolute Gasteiger partial charge is 0.496 e. The molecule has 0 amide bonds. The number of nitrogens with zero attached hydrogens (tertiary/aromatic N) is 4. The van der Waals surface area contributed by atoms with Crippen molar-refractivity contribution >= 4 is 0 Å². The zero-order chi connectivity index (χ0) is 22.8. The monoisotopic (exact) mass is 441 g/mol. The second-order valence-electron chi connectivity index (χ2n) is 9.26. The molecule has 170 valence electrons. The number of hydrogen-bond donors (Lipinski definition) is 1. The molecule has 0 aliphatic carbocycles. The Labute approximate surface area is 195 Å². The van der Waals surface area contributed by atoms with Gasteiger partial charge in [0.1, 0.15) is 5.75 Å². The van der Waals surface area contributed by atoms with Crippen molar-refractivity contribution in [2.24, 2.45) is 13.0 Å². The van der Waals surface area contributed by atoms with E-state index < -0.39 is 0 Å². The highest BCUT2D eigenvalue weighted by Gasteiger charge is 2.41. The van der Waals surface area contributed by atoms with Gasteiger partial charge in [-0.15, -0.1) is 0 Å². The molecule has 3 aliphatic heterocycles. The summed E-state index contributed by atoms with van der Waals surface area (Å²) in [6, 6.07) is 21.0. The van der Waals surface area contributed by atoms with Crippen LogP contribution in [0.4, 0.5) is 0 Å². The number of fused-ring (bicyclic) bond motifs is 3. The summed E-state index contributed by atoms with van der Waals surface area (Å²) >= 11 is 0. The van der Waals surface area contributed by atoms with Gasteiger partial charge in [0.05, 0.1) is 24.4 Å². The van der Waals surface area contributed by atoms with Gasteiger partial charge in [0, 0.05) is 49.9 Å². The number of hydrogen-bond acceptors (Lipinski definition) is 5. The molecule has 4 heterocycles. The highest BCUT2D eigenvalue weighted by molar-refractivity contribution is 5.67. The number of ether oxygens (including phenoxy) is 1. The van der Waals surface area contributed by atoms with Gasteiger partial charge in [-0.1, -0.05) is 24.3 Å². The van der Waals surface area contributed by atoms with E-state index in [9.17, 15) is 0 Å². The van der Waals surface area contributed by atoms with Crippen molar-refractivity contribution in [1.82, 2.24) is 20.0 Å². The molecule has 33 heavy (non-hydrogen) atoms. The first-order valence-electron chi connectivity index (χ1n) is 11.8. The maximum Gasteiger partial charge on any atom is 0.128 e. The minimum atomic E-state index is 0.517. The summed E-state index contributed by atoms with van der Waals surface area (Å²) < 4.78 is 7.63. The van der Waals surface area contributed by atoms with E-state index in [2.05, 4.69) is 46.2 Å². The van der Waals surface area contributed by atoms with Gasteiger partial charge >= 0.3 is 0 Å². The van der Waals surface area contributed by atoms with Crippen molar-refractivity contribution in [2.75, 3.05) is 26.7 Å². The maximum atomic E-state index is 9.10. The SMILES string of the molecule is COc1ccccc1-c1cc([C@@H]2CN3CC[C@H]2C[C@@H]3CNCc2cccc(C#N)c2)n(C)n1. The topological polar surface area (TPSA) is 66.1 Å². The number of methoxy groups -OCH3 is 1. The Kier molecular flexibility index (Phi) is 6.17. The fraction of sp³-hybridized carbons (Fsp3) is 0.407. The zero-order valence-electron chi connectivity index (χ0n) is 19.4. The van der Waals surface area contributed by atoms with Gasteiger partial charge in [-0.05, 0) is 61.2 Å². The summed E-state index contributed by atoms with van der Waals surface area (Å²) in [5.74, 6) is 2.07. The predicted octanol–water partition coefficient (Wildman–Crippen LogP) is 3.93. The fourth-order valence-electron chi connectivity index (χ4n) is 5.64. The number of nitrogens with one attached hydrogen (secondary N) is 1. The molecule has 0 saturated carbocycles. The van der Waals surface area contributed by atoms with Crippen molar-refractivity contribution in [3.63, 3.8) is 0 Å². The molecule has 1 aromatic heterocycles. The van der Waals surface area contributed by atoms with E-state index in [0.29, 0.717) is 17.9 Å². The van der Waals surface area contributed by atoms with Crippen LogP contribution < -0.4 is 10.1 Å². The Morgan fingerprint density at radius 3 is 2.85 bits per heavy atom. The average Bonchev–Trinajstić information content (AvgIpc) is 3.25. The normalized spacial score (nSPS) is 23.9. The average molecular weight is 442 g/mol. The van der Waals surface area contributed by atoms with Crippen LogP contribution in [0.1, 0.15) is 35.6 Å². The minimum Gasteiger partial charge on any atom is -0.496 e. The number of benzene rings is 2. The van der Waals surface area contributed by atoms with Crippen molar-refractivity contribution in [2.45, 2.75) is 31.3 Å². The van der Waals surface area contributed by atoms with Crippen molar-refractivity contribution in [1.29, 1.82) is 5.26 Å². The lowest BCUT2D eigenvalue weighted by molar-refractivity contribution is 0.0282. The van der Waals surface area contributed by atoms with Gasteiger partial charge in [-0.25, -0.2) is 0 Å². The summed E-state index contributed by atoms with van der Waals surface area (Å²) in [5, 5.41) is 17.6. The molecule has 1 unspecified atom stereocenters. The second-order valence-corrected chi connectivity index (χ2v) is 9.26. The molecule has 2 bridgehead atoms. The lowest BCUT2D eigenvalue weighted by atomic mass is 9.74. The van der Waals surface area contributed by atoms with Gasteiger partial charge < -0.3 is 10.1 Å². The first kappa shape index (κ1) is 21.7. The quantitative estimate of drug-likeness (QED) is 0.602. The summed E-state index contributed by atoms with van der Waals surface area (Å²) in [7, 11) is 3.78. The highest BCUT2D eigenvalue weighted by Crippen LogP contribution is 2.42. The molecule has 3 aliphatic rings. The van der Waals surface area contributed by atoms with Gasteiger partial charge in [0.15, 0.2) is 0 Å². The first-order valence-corrected chi connectivity index (χ1v) is 11.8. The second kappa shape index (κ2) is 9.38. The molecule has 0 spiro atoms. The fourth-order valence-corrected chi connectivity index (χ4v) is 5.64. The Morgan fingerprint density at radius 1 is 1.18 bits per heavy atom. The lowest BCUT2D eigenvalue weighted by Crippen LogP contribution is -2.55. The minimum absolute atomic E-state index is 0.517. The Balaban J connectivity index is 1.24. The van der Waals surface area contributed by atoms with E-state index >= 15 is 0 Å². The third kappa shape index (κ3) is 4.39.